The van der Waals surface area contributed by atoms with Gasteiger partial charge in [-0.25, -0.2) is 0 Å². The van der Waals surface area contributed by atoms with Crippen molar-refractivity contribution in [3.63, 3.8) is 0 Å². The summed E-state index contributed by atoms with van der Waals surface area (Å²) in [5.41, 5.74) is 1.58. The Bertz CT molecular complexity index is 594. The molecule has 6 heteroatoms. The first-order valence-corrected chi connectivity index (χ1v) is 6.27. The molecule has 5 N–H and O–H groups in total. The molecule has 1 aromatic heterocycles. The minimum atomic E-state index is -1.73. The second kappa shape index (κ2) is 6.15. The van der Waals surface area contributed by atoms with Gasteiger partial charge in [0.2, 0.25) is 0 Å². The fraction of sp³-hybridized carbons (Fsp3) is 0.357. The van der Waals surface area contributed by atoms with Crippen LogP contribution in [0.2, 0.25) is 0 Å². The topological polar surface area (TPSA) is 114 Å². The molecule has 0 aliphatic rings. The smallest absolute Gasteiger partial charge is 0.168 e. The van der Waals surface area contributed by atoms with E-state index in [0.717, 1.165) is 10.9 Å². The largest absolute Gasteiger partial charge is 0.394 e. The fourth-order valence-corrected chi connectivity index (χ4v) is 2.08. The van der Waals surface area contributed by atoms with Crippen molar-refractivity contribution in [1.29, 1.82) is 0 Å². The number of aliphatic hydroxyl groups is 4. The van der Waals surface area contributed by atoms with Crippen LogP contribution in [0.25, 0.3) is 10.9 Å². The Kier molecular flexibility index (Phi) is 4.51. The molecule has 2 rings (SSSR count). The molecule has 6 nitrogen and oxygen atoms in total. The molecule has 3 atom stereocenters. The van der Waals surface area contributed by atoms with E-state index in [1.54, 1.807) is 6.20 Å². The van der Waals surface area contributed by atoms with Gasteiger partial charge in [-0.2, -0.15) is 0 Å². The van der Waals surface area contributed by atoms with Crippen molar-refractivity contribution in [3.8, 4) is 0 Å². The molecule has 20 heavy (non-hydrogen) atoms. The van der Waals surface area contributed by atoms with Crippen molar-refractivity contribution in [1.82, 2.24) is 4.98 Å². The normalized spacial score (nSPS) is 16.0. The van der Waals surface area contributed by atoms with Crippen LogP contribution < -0.4 is 0 Å². The summed E-state index contributed by atoms with van der Waals surface area (Å²) in [5, 5.41) is 38.0. The molecule has 2 aromatic rings. The fourth-order valence-electron chi connectivity index (χ4n) is 2.08. The monoisotopic (exact) mass is 279 g/mol. The SMILES string of the molecule is O=C(Cc1c[nH]c2ccccc12)[C@H](O)[C@H](O)[C@@H](O)CO. The molecule has 0 saturated carbocycles. The first kappa shape index (κ1) is 14.7. The highest BCUT2D eigenvalue weighted by Gasteiger charge is 2.29. The number of hydrogen-bond acceptors (Lipinski definition) is 5. The lowest BCUT2D eigenvalue weighted by molar-refractivity contribution is -0.139. The molecular weight excluding hydrogens is 262 g/mol. The lowest BCUT2D eigenvalue weighted by Crippen LogP contribution is -2.44. The maximum atomic E-state index is 11.9. The zero-order chi connectivity index (χ0) is 14.7. The Morgan fingerprint density at radius 2 is 1.90 bits per heavy atom. The average molecular weight is 279 g/mol. The van der Waals surface area contributed by atoms with E-state index in [9.17, 15) is 20.1 Å². The number of benzene rings is 1. The number of nitrogens with one attached hydrogen (secondary N) is 1. The van der Waals surface area contributed by atoms with Crippen LogP contribution in [0.3, 0.4) is 0 Å². The van der Waals surface area contributed by atoms with E-state index in [1.807, 2.05) is 24.3 Å². The quantitative estimate of drug-likeness (QED) is 0.482. The standard InChI is InChI=1S/C14H17NO5/c16-7-12(18)14(20)13(19)11(17)5-8-6-15-10-4-2-1-3-9(8)10/h1-4,6,12-16,18-20H,5,7H2/t12-,13-,14+/m0/s1. The molecule has 1 aromatic carbocycles. The lowest BCUT2D eigenvalue weighted by atomic mass is 9.99. The number of para-hydroxylation sites is 1. The van der Waals surface area contributed by atoms with E-state index >= 15 is 0 Å². The number of fused-ring (bicyclic) bond motifs is 1. The highest BCUT2D eigenvalue weighted by molar-refractivity contribution is 5.91. The van der Waals surface area contributed by atoms with E-state index in [4.69, 9.17) is 5.11 Å². The first-order valence-electron chi connectivity index (χ1n) is 6.27. The number of hydrogen-bond donors (Lipinski definition) is 5. The summed E-state index contributed by atoms with van der Waals surface area (Å²) in [4.78, 5) is 14.9. The zero-order valence-corrected chi connectivity index (χ0v) is 10.7. The van der Waals surface area contributed by atoms with Gasteiger partial charge in [-0.05, 0) is 11.6 Å². The Balaban J connectivity index is 2.11. The molecule has 0 spiro atoms. The van der Waals surface area contributed by atoms with Crippen molar-refractivity contribution in [2.45, 2.75) is 24.7 Å². The molecule has 0 aliphatic heterocycles. The van der Waals surface area contributed by atoms with Gasteiger partial charge in [-0.3, -0.25) is 4.79 Å². The van der Waals surface area contributed by atoms with Crippen molar-refractivity contribution >= 4 is 16.7 Å². The maximum Gasteiger partial charge on any atom is 0.168 e. The molecule has 0 aliphatic carbocycles. The number of carbonyl (C=O) groups excluding carboxylic acids is 1. The Hall–Kier alpha value is -1.73. The minimum Gasteiger partial charge on any atom is -0.394 e. The second-order valence-electron chi connectivity index (χ2n) is 4.69. The summed E-state index contributed by atoms with van der Waals surface area (Å²) >= 11 is 0. The number of Topliss-reactive ketones (excluding diaryl/α,β-unsaturated/α-hetero) is 1. The van der Waals surface area contributed by atoms with Crippen LogP contribution in [-0.4, -0.2) is 56.1 Å². The number of aromatic nitrogens is 1. The number of aliphatic hydroxyl groups excluding tert-OH is 4. The predicted octanol–water partition coefficient (Wildman–Crippen LogP) is -0.645. The zero-order valence-electron chi connectivity index (χ0n) is 10.7. The number of aromatic amines is 1. The number of ketones is 1. The van der Waals surface area contributed by atoms with E-state index in [0.29, 0.717) is 5.56 Å². The van der Waals surface area contributed by atoms with Crippen molar-refractivity contribution in [3.05, 3.63) is 36.0 Å². The second-order valence-corrected chi connectivity index (χ2v) is 4.69. The van der Waals surface area contributed by atoms with Gasteiger partial charge >= 0.3 is 0 Å². The molecule has 0 fully saturated rings. The Morgan fingerprint density at radius 3 is 2.60 bits per heavy atom. The van der Waals surface area contributed by atoms with E-state index in [-0.39, 0.29) is 6.42 Å². The summed E-state index contributed by atoms with van der Waals surface area (Å²) in [5.74, 6) is -0.616. The van der Waals surface area contributed by atoms with Crippen molar-refractivity contribution in [2.75, 3.05) is 6.61 Å². The third kappa shape index (κ3) is 2.88. The maximum absolute atomic E-state index is 11.9. The minimum absolute atomic E-state index is 0.0691. The molecule has 1 heterocycles. The highest BCUT2D eigenvalue weighted by atomic mass is 16.4. The molecule has 0 radical (unpaired) electrons. The van der Waals surface area contributed by atoms with Crippen LogP contribution in [0, 0.1) is 0 Å². The van der Waals surface area contributed by atoms with Gasteiger partial charge in [0.05, 0.1) is 6.61 Å². The van der Waals surface area contributed by atoms with Gasteiger partial charge in [0.25, 0.3) is 0 Å². The Morgan fingerprint density at radius 1 is 1.20 bits per heavy atom. The van der Waals surface area contributed by atoms with Crippen LogP contribution in [0.5, 0.6) is 0 Å². The van der Waals surface area contributed by atoms with Gasteiger partial charge in [-0.15, -0.1) is 0 Å². The molecule has 0 bridgehead atoms. The summed E-state index contributed by atoms with van der Waals surface area (Å²) in [6, 6.07) is 7.41. The van der Waals surface area contributed by atoms with Crippen LogP contribution in [-0.2, 0) is 11.2 Å². The number of H-pyrrole nitrogens is 1. The van der Waals surface area contributed by atoms with Gasteiger partial charge in [0, 0.05) is 23.5 Å². The number of carbonyl (C=O) groups is 1. The van der Waals surface area contributed by atoms with Crippen molar-refractivity contribution < 1.29 is 25.2 Å². The molecule has 108 valence electrons. The molecular formula is C14H17NO5. The third-order valence-corrected chi connectivity index (χ3v) is 3.27. The van der Waals surface area contributed by atoms with E-state index in [1.165, 1.54) is 0 Å². The first-order chi connectivity index (χ1) is 9.54. The van der Waals surface area contributed by atoms with Crippen LogP contribution in [0.15, 0.2) is 30.5 Å². The van der Waals surface area contributed by atoms with Gasteiger partial charge in [0.1, 0.15) is 18.3 Å². The van der Waals surface area contributed by atoms with Crippen LogP contribution >= 0.6 is 0 Å². The van der Waals surface area contributed by atoms with E-state index < -0.39 is 30.7 Å². The third-order valence-electron chi connectivity index (χ3n) is 3.27. The van der Waals surface area contributed by atoms with Gasteiger partial charge in [-0.1, -0.05) is 18.2 Å². The van der Waals surface area contributed by atoms with E-state index in [2.05, 4.69) is 4.98 Å². The summed E-state index contributed by atoms with van der Waals surface area (Å²) < 4.78 is 0. The lowest BCUT2D eigenvalue weighted by Gasteiger charge is -2.20. The Labute approximate surface area is 115 Å². The van der Waals surface area contributed by atoms with Crippen LogP contribution in [0.4, 0.5) is 0 Å². The van der Waals surface area contributed by atoms with Gasteiger partial charge < -0.3 is 25.4 Å². The molecule has 0 amide bonds. The highest BCUT2D eigenvalue weighted by Crippen LogP contribution is 2.19. The summed E-state index contributed by atoms with van der Waals surface area (Å²) in [6.07, 6.45) is -3.37. The predicted molar refractivity (Wildman–Crippen MR) is 72.1 cm³/mol. The molecule has 0 unspecified atom stereocenters. The van der Waals surface area contributed by atoms with Crippen LogP contribution in [0.1, 0.15) is 5.56 Å². The van der Waals surface area contributed by atoms with Crippen molar-refractivity contribution in [2.24, 2.45) is 0 Å². The average Bonchev–Trinajstić information content (AvgIpc) is 2.88. The molecule has 0 saturated heterocycles. The summed E-state index contributed by atoms with van der Waals surface area (Å²) in [7, 11) is 0. The van der Waals surface area contributed by atoms with Gasteiger partial charge in [0.15, 0.2) is 5.78 Å². The summed E-state index contributed by atoms with van der Waals surface area (Å²) in [6.45, 7) is -0.724. The number of rotatable bonds is 6.